The summed E-state index contributed by atoms with van der Waals surface area (Å²) in [5.74, 6) is -1.74. The number of hydrogen-bond donors (Lipinski definition) is 1. The van der Waals surface area contributed by atoms with E-state index < -0.39 is 35.3 Å². The van der Waals surface area contributed by atoms with Crippen LogP contribution >= 0.6 is 23.2 Å². The fourth-order valence-electron chi connectivity index (χ4n) is 5.23. The second-order valence-corrected chi connectivity index (χ2v) is 10.4. The fourth-order valence-corrected chi connectivity index (χ4v) is 5.75. The lowest BCUT2D eigenvalue weighted by molar-refractivity contribution is -0.142. The third-order valence-corrected chi connectivity index (χ3v) is 7.43. The summed E-state index contributed by atoms with van der Waals surface area (Å²) < 4.78 is 4.91. The number of carbonyl (C=O) groups is 4. The van der Waals surface area contributed by atoms with E-state index >= 15 is 0 Å². The molecule has 2 aliphatic rings. The number of nitrogens with zero attached hydrogens (tertiary/aromatic N) is 4. The van der Waals surface area contributed by atoms with Gasteiger partial charge in [0.25, 0.3) is 0 Å². The maximum atomic E-state index is 14.2. The maximum absolute atomic E-state index is 14.2. The summed E-state index contributed by atoms with van der Waals surface area (Å²) in [6.07, 6.45) is 0.0110. The normalized spacial score (nSPS) is 20.8. The Morgan fingerprint density at radius 3 is 2.41 bits per heavy atom. The highest BCUT2D eigenvalue weighted by Gasteiger charge is 2.57. The van der Waals surface area contributed by atoms with Gasteiger partial charge in [-0.1, -0.05) is 35.3 Å². The second kappa shape index (κ2) is 11.5. The first-order chi connectivity index (χ1) is 18.6. The number of halogens is 2. The zero-order valence-electron chi connectivity index (χ0n) is 21.4. The van der Waals surface area contributed by atoms with Gasteiger partial charge in [-0.25, -0.2) is 14.5 Å². The number of amides is 5. The topological polar surface area (TPSA) is 123 Å². The molecule has 0 aliphatic carbocycles. The van der Waals surface area contributed by atoms with Crippen LogP contribution in [0.5, 0.6) is 0 Å². The molecule has 0 unspecified atom stereocenters. The van der Waals surface area contributed by atoms with E-state index in [9.17, 15) is 24.4 Å². The van der Waals surface area contributed by atoms with E-state index in [4.69, 9.17) is 27.9 Å². The van der Waals surface area contributed by atoms with Gasteiger partial charge in [0, 0.05) is 48.7 Å². The summed E-state index contributed by atoms with van der Waals surface area (Å²) in [6.45, 7) is 2.30. The predicted molar refractivity (Wildman–Crippen MR) is 145 cm³/mol. The van der Waals surface area contributed by atoms with Gasteiger partial charge in [0.15, 0.2) is 0 Å². The van der Waals surface area contributed by atoms with Crippen molar-refractivity contribution in [3.05, 3.63) is 63.6 Å². The monoisotopic (exact) mass is 571 g/mol. The average molecular weight is 572 g/mol. The third-order valence-electron chi connectivity index (χ3n) is 6.99. The van der Waals surface area contributed by atoms with Crippen molar-refractivity contribution in [1.29, 1.82) is 5.26 Å². The number of nitriles is 1. The van der Waals surface area contributed by atoms with E-state index in [1.165, 1.54) is 28.0 Å². The molecular formula is C27H27Cl2N5O5. The zero-order valence-corrected chi connectivity index (χ0v) is 23.0. The Balaban J connectivity index is 1.72. The maximum Gasteiger partial charge on any atom is 0.331 e. The van der Waals surface area contributed by atoms with Crippen LogP contribution in [-0.2, 0) is 19.7 Å². The van der Waals surface area contributed by atoms with Gasteiger partial charge in [-0.15, -0.1) is 0 Å². The van der Waals surface area contributed by atoms with Gasteiger partial charge < -0.3 is 19.9 Å². The molecule has 0 aromatic heterocycles. The number of nitrogens with one attached hydrogen (secondary N) is 1. The summed E-state index contributed by atoms with van der Waals surface area (Å²) in [5.41, 5.74) is 0.415. The van der Waals surface area contributed by atoms with Crippen molar-refractivity contribution in [2.24, 2.45) is 5.92 Å². The molecule has 1 N–H and O–H groups in total. The summed E-state index contributed by atoms with van der Waals surface area (Å²) in [4.78, 5) is 56.5. The molecule has 2 fully saturated rings. The number of benzene rings is 2. The number of carbonyl (C=O) groups excluding carboxylic acids is 4. The molecule has 4 rings (SSSR count). The average Bonchev–Trinajstić information content (AvgIpc) is 3.25. The van der Waals surface area contributed by atoms with E-state index in [1.54, 1.807) is 38.2 Å². The largest absolute Gasteiger partial charge is 0.466 e. The lowest BCUT2D eigenvalue weighted by Crippen LogP contribution is -2.47. The summed E-state index contributed by atoms with van der Waals surface area (Å²) >= 11 is 12.4. The van der Waals surface area contributed by atoms with Crippen molar-refractivity contribution in [3.8, 4) is 6.07 Å². The molecule has 2 aromatic carbocycles. The molecular weight excluding hydrogens is 545 g/mol. The molecule has 2 saturated heterocycles. The summed E-state index contributed by atoms with van der Waals surface area (Å²) in [5, 5.41) is 12.5. The van der Waals surface area contributed by atoms with Crippen LogP contribution in [0.2, 0.25) is 10.0 Å². The number of urea groups is 2. The van der Waals surface area contributed by atoms with E-state index in [0.29, 0.717) is 11.1 Å². The Hall–Kier alpha value is -3.81. The number of likely N-dealkylation sites (tertiary alicyclic amines) is 1. The Morgan fingerprint density at radius 1 is 1.13 bits per heavy atom. The van der Waals surface area contributed by atoms with Crippen LogP contribution in [0.15, 0.2) is 42.5 Å². The molecule has 2 atom stereocenters. The van der Waals surface area contributed by atoms with Gasteiger partial charge in [-0.2, -0.15) is 5.26 Å². The van der Waals surface area contributed by atoms with E-state index in [2.05, 4.69) is 11.4 Å². The number of fused-ring (bicyclic) bond motifs is 1. The first-order valence-electron chi connectivity index (χ1n) is 12.3. The first-order valence-corrected chi connectivity index (χ1v) is 13.1. The van der Waals surface area contributed by atoms with Crippen LogP contribution in [0.1, 0.15) is 24.5 Å². The third kappa shape index (κ3) is 5.65. The van der Waals surface area contributed by atoms with Crippen LogP contribution in [0.3, 0.4) is 0 Å². The molecule has 12 heteroatoms. The van der Waals surface area contributed by atoms with Gasteiger partial charge in [0.1, 0.15) is 0 Å². The molecule has 5 amide bonds. The van der Waals surface area contributed by atoms with E-state index in [1.807, 2.05) is 0 Å². The Labute approximate surface area is 236 Å². The Kier molecular flexibility index (Phi) is 8.33. The van der Waals surface area contributed by atoms with Crippen molar-refractivity contribution in [3.63, 3.8) is 0 Å². The molecule has 2 heterocycles. The molecule has 0 bridgehead atoms. The number of hydrogen-bond acceptors (Lipinski definition) is 6. The molecule has 204 valence electrons. The van der Waals surface area contributed by atoms with Crippen LogP contribution < -0.4 is 10.2 Å². The number of likely N-dealkylation sites (N-methyl/N-ethyl adjacent to an activating group) is 1. The van der Waals surface area contributed by atoms with Crippen molar-refractivity contribution < 1.29 is 23.9 Å². The van der Waals surface area contributed by atoms with E-state index in [-0.39, 0.29) is 54.9 Å². The minimum absolute atomic E-state index is 0.0110. The molecule has 0 spiro atoms. The van der Waals surface area contributed by atoms with Crippen LogP contribution in [0, 0.1) is 17.2 Å². The van der Waals surface area contributed by atoms with Crippen molar-refractivity contribution >= 4 is 52.8 Å². The zero-order chi connectivity index (χ0) is 28.3. The lowest BCUT2D eigenvalue weighted by Gasteiger charge is -2.34. The SMILES string of the molecule is CCOC(=O)CCNC(=O)N1C[C@H]2C(=O)N(c3cc(Cl)cc(Cl)c3)C(=O)N(C)C[C@@]2(c2ccc(C#N)cc2)C1. The minimum atomic E-state index is -0.967. The molecule has 10 nitrogen and oxygen atoms in total. The highest BCUT2D eigenvalue weighted by molar-refractivity contribution is 6.35. The van der Waals surface area contributed by atoms with Crippen molar-refractivity contribution in [2.75, 3.05) is 44.7 Å². The highest BCUT2D eigenvalue weighted by Crippen LogP contribution is 2.44. The van der Waals surface area contributed by atoms with Gasteiger partial charge in [-0.05, 0) is 42.8 Å². The standard InChI is InChI=1S/C27H27Cl2N5O5/c1-3-39-23(35)8-9-31-25(37)33-14-22-24(36)34(21-11-19(28)10-20(29)12-21)26(38)32(2)15-27(22,16-33)18-6-4-17(13-30)5-7-18/h4-7,10-12,22H,3,8-9,14-16H2,1-2H3,(H,31,37)/t22-,27-/m0/s1. The van der Waals surface area contributed by atoms with Crippen LogP contribution in [0.25, 0.3) is 0 Å². The van der Waals surface area contributed by atoms with Gasteiger partial charge in [-0.3, -0.25) is 9.59 Å². The minimum Gasteiger partial charge on any atom is -0.466 e. The Bertz CT molecular complexity index is 1320. The smallest absolute Gasteiger partial charge is 0.331 e. The molecule has 39 heavy (non-hydrogen) atoms. The predicted octanol–water partition coefficient (Wildman–Crippen LogP) is 3.80. The number of imide groups is 1. The molecule has 0 radical (unpaired) electrons. The van der Waals surface area contributed by atoms with Crippen LogP contribution in [-0.4, -0.2) is 73.6 Å². The summed E-state index contributed by atoms with van der Waals surface area (Å²) in [6, 6.07) is 12.4. The lowest BCUT2D eigenvalue weighted by atomic mass is 9.71. The number of ether oxygens (including phenoxy) is 1. The molecule has 0 saturated carbocycles. The number of esters is 1. The van der Waals surface area contributed by atoms with Crippen LogP contribution in [0.4, 0.5) is 15.3 Å². The molecule has 2 aliphatic heterocycles. The quantitative estimate of drug-likeness (QED) is 0.526. The Morgan fingerprint density at radius 2 is 1.79 bits per heavy atom. The van der Waals surface area contributed by atoms with Gasteiger partial charge in [0.05, 0.1) is 36.3 Å². The second-order valence-electron chi connectivity index (χ2n) is 9.51. The van der Waals surface area contributed by atoms with Crippen molar-refractivity contribution in [1.82, 2.24) is 15.1 Å². The van der Waals surface area contributed by atoms with E-state index in [0.717, 1.165) is 4.90 Å². The summed E-state index contributed by atoms with van der Waals surface area (Å²) in [7, 11) is 1.59. The fraction of sp³-hybridized carbons (Fsp3) is 0.370. The highest BCUT2D eigenvalue weighted by atomic mass is 35.5. The number of anilines is 1. The first kappa shape index (κ1) is 28.2. The van der Waals surface area contributed by atoms with Gasteiger partial charge >= 0.3 is 18.0 Å². The van der Waals surface area contributed by atoms with Gasteiger partial charge in [0.2, 0.25) is 5.91 Å². The number of rotatable bonds is 6. The molecule has 2 aromatic rings. The van der Waals surface area contributed by atoms with Crippen molar-refractivity contribution in [2.45, 2.75) is 18.8 Å².